The third kappa shape index (κ3) is 7.36. The van der Waals surface area contributed by atoms with Crippen LogP contribution in [-0.2, 0) is 14.4 Å². The van der Waals surface area contributed by atoms with E-state index in [0.29, 0.717) is 25.7 Å². The first kappa shape index (κ1) is 17.0. The van der Waals surface area contributed by atoms with Gasteiger partial charge in [-0.25, -0.2) is 0 Å². The smallest absolute Gasteiger partial charge is 0.143 e. The van der Waals surface area contributed by atoms with Gasteiger partial charge in [0.15, 0.2) is 0 Å². The van der Waals surface area contributed by atoms with Crippen molar-refractivity contribution in [3.8, 4) is 0 Å². The maximum absolute atomic E-state index is 12.0. The van der Waals surface area contributed by atoms with Crippen molar-refractivity contribution in [3.63, 3.8) is 0 Å². The maximum atomic E-state index is 12.0. The second-order valence-electron chi connectivity index (χ2n) is 4.93. The molecule has 0 amide bonds. The first-order valence-electron chi connectivity index (χ1n) is 7.07. The highest BCUT2D eigenvalue weighted by molar-refractivity contribution is 6.02. The van der Waals surface area contributed by atoms with E-state index in [0.717, 1.165) is 25.7 Å². The van der Waals surface area contributed by atoms with Gasteiger partial charge in [-0.15, -0.1) is 0 Å². The minimum atomic E-state index is -0.536. The van der Waals surface area contributed by atoms with Gasteiger partial charge in [0.05, 0.1) is 5.92 Å². The zero-order valence-electron chi connectivity index (χ0n) is 12.0. The van der Waals surface area contributed by atoms with E-state index in [4.69, 9.17) is 0 Å². The van der Waals surface area contributed by atoms with Crippen LogP contribution >= 0.6 is 0 Å². The number of rotatable bonds is 11. The summed E-state index contributed by atoms with van der Waals surface area (Å²) >= 11 is 0. The summed E-state index contributed by atoms with van der Waals surface area (Å²) < 4.78 is 0. The Morgan fingerprint density at radius 2 is 1.44 bits per heavy atom. The molecule has 1 unspecified atom stereocenters. The molecule has 0 aliphatic rings. The molecule has 0 heterocycles. The fourth-order valence-electron chi connectivity index (χ4n) is 1.99. The van der Waals surface area contributed by atoms with Crippen molar-refractivity contribution in [1.29, 1.82) is 0 Å². The fraction of sp³-hybridized carbons (Fsp3) is 0.800. The van der Waals surface area contributed by atoms with Crippen LogP contribution in [0, 0.1) is 5.92 Å². The van der Waals surface area contributed by atoms with Crippen LogP contribution in [0.25, 0.3) is 0 Å². The molecule has 0 N–H and O–H groups in total. The summed E-state index contributed by atoms with van der Waals surface area (Å²) in [6, 6.07) is 0. The SMILES string of the molecule is CCCCCC(=O)C(CCC(C)=O)C(=O)CCC. The van der Waals surface area contributed by atoms with Crippen molar-refractivity contribution in [2.75, 3.05) is 0 Å². The highest BCUT2D eigenvalue weighted by Crippen LogP contribution is 2.16. The summed E-state index contributed by atoms with van der Waals surface area (Å²) in [5, 5.41) is 0. The van der Waals surface area contributed by atoms with Crippen molar-refractivity contribution < 1.29 is 14.4 Å². The van der Waals surface area contributed by atoms with E-state index in [1.165, 1.54) is 6.92 Å². The van der Waals surface area contributed by atoms with Gasteiger partial charge in [0.1, 0.15) is 17.3 Å². The molecule has 0 aromatic rings. The standard InChI is InChI=1S/C15H26O3/c1-4-6-7-9-15(18)13(11-10-12(3)16)14(17)8-5-2/h13H,4-11H2,1-3H3. The fourth-order valence-corrected chi connectivity index (χ4v) is 1.99. The van der Waals surface area contributed by atoms with E-state index < -0.39 is 5.92 Å². The number of Topliss-reactive ketones (excluding diaryl/α,β-unsaturated/α-hetero) is 3. The van der Waals surface area contributed by atoms with Gasteiger partial charge in [0.2, 0.25) is 0 Å². The minimum Gasteiger partial charge on any atom is -0.300 e. The van der Waals surface area contributed by atoms with Gasteiger partial charge in [-0.3, -0.25) is 9.59 Å². The highest BCUT2D eigenvalue weighted by Gasteiger charge is 2.24. The van der Waals surface area contributed by atoms with Gasteiger partial charge >= 0.3 is 0 Å². The predicted molar refractivity (Wildman–Crippen MR) is 72.5 cm³/mol. The molecule has 3 nitrogen and oxygen atoms in total. The lowest BCUT2D eigenvalue weighted by Crippen LogP contribution is -2.24. The quantitative estimate of drug-likeness (QED) is 0.419. The Morgan fingerprint density at radius 3 is 1.94 bits per heavy atom. The maximum Gasteiger partial charge on any atom is 0.143 e. The molecule has 0 bridgehead atoms. The molecule has 1 atom stereocenters. The molecule has 18 heavy (non-hydrogen) atoms. The van der Waals surface area contributed by atoms with Crippen LogP contribution < -0.4 is 0 Å². The molecule has 0 aliphatic carbocycles. The van der Waals surface area contributed by atoms with Crippen LogP contribution in [0.5, 0.6) is 0 Å². The van der Waals surface area contributed by atoms with Crippen molar-refractivity contribution in [3.05, 3.63) is 0 Å². The van der Waals surface area contributed by atoms with Gasteiger partial charge < -0.3 is 4.79 Å². The predicted octanol–water partition coefficient (Wildman–Crippen LogP) is 3.49. The molecule has 0 fully saturated rings. The monoisotopic (exact) mass is 254 g/mol. The summed E-state index contributed by atoms with van der Waals surface area (Å²) in [5.41, 5.74) is 0. The average molecular weight is 254 g/mol. The minimum absolute atomic E-state index is 0.0141. The molecule has 0 aromatic carbocycles. The van der Waals surface area contributed by atoms with Gasteiger partial charge in [-0.1, -0.05) is 26.7 Å². The first-order chi connectivity index (χ1) is 8.52. The van der Waals surface area contributed by atoms with Crippen LogP contribution in [0.4, 0.5) is 0 Å². The molecule has 0 aliphatic heterocycles. The van der Waals surface area contributed by atoms with E-state index in [-0.39, 0.29) is 17.3 Å². The number of unbranched alkanes of at least 4 members (excludes halogenated alkanes) is 2. The van der Waals surface area contributed by atoms with Crippen LogP contribution in [0.15, 0.2) is 0 Å². The second-order valence-corrected chi connectivity index (χ2v) is 4.93. The van der Waals surface area contributed by atoms with Crippen molar-refractivity contribution in [2.24, 2.45) is 5.92 Å². The largest absolute Gasteiger partial charge is 0.300 e. The molecule has 0 radical (unpaired) electrons. The van der Waals surface area contributed by atoms with Gasteiger partial charge in [0.25, 0.3) is 0 Å². The summed E-state index contributed by atoms with van der Waals surface area (Å²) in [4.78, 5) is 34.9. The van der Waals surface area contributed by atoms with Crippen LogP contribution in [-0.4, -0.2) is 17.3 Å². The van der Waals surface area contributed by atoms with Crippen LogP contribution in [0.2, 0.25) is 0 Å². The van der Waals surface area contributed by atoms with E-state index in [1.807, 2.05) is 6.92 Å². The number of carbonyl (C=O) groups excluding carboxylic acids is 3. The van der Waals surface area contributed by atoms with Gasteiger partial charge in [-0.2, -0.15) is 0 Å². The Balaban J connectivity index is 4.38. The lowest BCUT2D eigenvalue weighted by Gasteiger charge is -2.13. The Hall–Kier alpha value is -0.990. The molecule has 0 saturated heterocycles. The molecule has 104 valence electrons. The number of carbonyl (C=O) groups is 3. The lowest BCUT2D eigenvalue weighted by molar-refractivity contribution is -0.133. The summed E-state index contributed by atoms with van der Waals surface area (Å²) in [5.74, 6) is -0.445. The van der Waals surface area contributed by atoms with E-state index >= 15 is 0 Å². The molecule has 0 aromatic heterocycles. The van der Waals surface area contributed by atoms with E-state index in [2.05, 4.69) is 6.92 Å². The molecular formula is C15H26O3. The third-order valence-corrected chi connectivity index (χ3v) is 3.09. The Morgan fingerprint density at radius 1 is 0.833 bits per heavy atom. The highest BCUT2D eigenvalue weighted by atomic mass is 16.2. The first-order valence-corrected chi connectivity index (χ1v) is 7.07. The van der Waals surface area contributed by atoms with Crippen molar-refractivity contribution >= 4 is 17.3 Å². The Bertz CT molecular complexity index is 281. The summed E-state index contributed by atoms with van der Waals surface area (Å²) in [6.45, 7) is 5.52. The normalized spacial score (nSPS) is 12.2. The number of hydrogen-bond acceptors (Lipinski definition) is 3. The molecule has 0 saturated carbocycles. The third-order valence-electron chi connectivity index (χ3n) is 3.09. The van der Waals surface area contributed by atoms with Gasteiger partial charge in [-0.05, 0) is 26.2 Å². The average Bonchev–Trinajstić information content (AvgIpc) is 2.29. The number of ketones is 3. The lowest BCUT2D eigenvalue weighted by atomic mass is 9.88. The summed E-state index contributed by atoms with van der Waals surface area (Å²) in [6.07, 6.45) is 5.36. The van der Waals surface area contributed by atoms with Crippen molar-refractivity contribution in [1.82, 2.24) is 0 Å². The zero-order chi connectivity index (χ0) is 14.0. The summed E-state index contributed by atoms with van der Waals surface area (Å²) in [7, 11) is 0. The van der Waals surface area contributed by atoms with Crippen molar-refractivity contribution in [2.45, 2.75) is 72.1 Å². The molecular weight excluding hydrogens is 228 g/mol. The Labute approximate surface area is 110 Å². The van der Waals surface area contributed by atoms with Gasteiger partial charge in [0, 0.05) is 19.3 Å². The molecule has 3 heteroatoms. The van der Waals surface area contributed by atoms with Crippen LogP contribution in [0.3, 0.4) is 0 Å². The zero-order valence-corrected chi connectivity index (χ0v) is 12.0. The topological polar surface area (TPSA) is 51.2 Å². The van der Waals surface area contributed by atoms with E-state index in [9.17, 15) is 14.4 Å². The molecule has 0 rings (SSSR count). The second kappa shape index (κ2) is 9.98. The Kier molecular flexibility index (Phi) is 9.43. The van der Waals surface area contributed by atoms with Crippen LogP contribution in [0.1, 0.15) is 72.1 Å². The molecule has 0 spiro atoms. The van der Waals surface area contributed by atoms with E-state index in [1.54, 1.807) is 0 Å². The number of hydrogen-bond donors (Lipinski definition) is 0.